The van der Waals surface area contributed by atoms with Crippen molar-refractivity contribution in [3.8, 4) is 11.5 Å². The quantitative estimate of drug-likeness (QED) is 0.441. The molecule has 168 valence electrons. The van der Waals surface area contributed by atoms with Gasteiger partial charge in [0.25, 0.3) is 5.91 Å². The summed E-state index contributed by atoms with van der Waals surface area (Å²) in [7, 11) is 1.59. The number of rotatable bonds is 7. The lowest BCUT2D eigenvalue weighted by Gasteiger charge is -2.18. The predicted octanol–water partition coefficient (Wildman–Crippen LogP) is 4.82. The summed E-state index contributed by atoms with van der Waals surface area (Å²) in [5.41, 5.74) is 2.02. The minimum absolute atomic E-state index is 0.0288. The Morgan fingerprint density at radius 1 is 1.28 bits per heavy atom. The second-order valence-corrected chi connectivity index (χ2v) is 8.62. The first kappa shape index (κ1) is 22.9. The molecule has 0 spiro atoms. The number of methoxy groups -OCH3 is 1. The van der Waals surface area contributed by atoms with Gasteiger partial charge in [0.05, 0.1) is 24.8 Å². The minimum Gasteiger partial charge on any atom is -0.496 e. The van der Waals surface area contributed by atoms with Crippen LogP contribution in [-0.2, 0) is 16.1 Å². The zero-order valence-electron chi connectivity index (χ0n) is 17.4. The van der Waals surface area contributed by atoms with Crippen LogP contribution < -0.4 is 14.8 Å². The summed E-state index contributed by atoms with van der Waals surface area (Å²) < 4.78 is 17.0. The molecule has 2 aromatic carbocycles. The Morgan fingerprint density at radius 3 is 2.88 bits per heavy atom. The van der Waals surface area contributed by atoms with E-state index in [1.165, 1.54) is 0 Å². The summed E-state index contributed by atoms with van der Waals surface area (Å²) >= 11 is 17.6. The average Bonchev–Trinajstić information content (AvgIpc) is 3.39. The first-order valence-electron chi connectivity index (χ1n) is 10.2. The summed E-state index contributed by atoms with van der Waals surface area (Å²) in [6, 6.07) is 10.8. The van der Waals surface area contributed by atoms with Crippen molar-refractivity contribution in [3.63, 3.8) is 0 Å². The van der Waals surface area contributed by atoms with Gasteiger partial charge in [-0.05, 0) is 61.0 Å². The summed E-state index contributed by atoms with van der Waals surface area (Å²) in [6.45, 7) is 1.40. The SMILES string of the molecule is COc1ccc(/C=C2/NC(=S)N(CC3CCCO3)C2=O)cc1COc1cccc(Cl)c1Cl. The standard InChI is InChI=1S/C23H22Cl2N2O4S/c1-29-19-8-7-14(10-15(19)13-31-20-6-2-5-17(24)21(20)25)11-18-22(28)27(23(32)26-18)12-16-4-3-9-30-16/h2,5-8,10-11,16H,3-4,9,12-13H2,1H3,(H,26,32)/b18-11+. The van der Waals surface area contributed by atoms with Crippen LogP contribution in [0.5, 0.6) is 11.5 Å². The minimum atomic E-state index is -0.162. The normalized spacial score (nSPS) is 19.5. The zero-order chi connectivity index (χ0) is 22.7. The van der Waals surface area contributed by atoms with Crippen LogP contribution >= 0.6 is 35.4 Å². The van der Waals surface area contributed by atoms with E-state index in [2.05, 4.69) is 5.32 Å². The number of amides is 1. The third kappa shape index (κ3) is 5.02. The summed E-state index contributed by atoms with van der Waals surface area (Å²) in [5, 5.41) is 4.18. The molecule has 0 aromatic heterocycles. The van der Waals surface area contributed by atoms with Gasteiger partial charge in [-0.3, -0.25) is 9.69 Å². The van der Waals surface area contributed by atoms with Crippen molar-refractivity contribution < 1.29 is 19.0 Å². The number of hydrogen-bond donors (Lipinski definition) is 1. The fraction of sp³-hybridized carbons (Fsp3) is 0.304. The van der Waals surface area contributed by atoms with Crippen LogP contribution in [0.25, 0.3) is 6.08 Å². The monoisotopic (exact) mass is 492 g/mol. The molecule has 1 amide bonds. The van der Waals surface area contributed by atoms with Crippen LogP contribution in [0.15, 0.2) is 42.1 Å². The van der Waals surface area contributed by atoms with E-state index in [0.717, 1.165) is 30.6 Å². The first-order chi connectivity index (χ1) is 15.5. The molecule has 2 aliphatic heterocycles. The van der Waals surface area contributed by atoms with E-state index in [1.54, 1.807) is 36.3 Å². The molecule has 1 atom stereocenters. The second kappa shape index (κ2) is 10.1. The number of halogens is 2. The number of carbonyl (C=O) groups excluding carboxylic acids is 1. The molecule has 1 N–H and O–H groups in total. The summed E-state index contributed by atoms with van der Waals surface area (Å²) in [4.78, 5) is 14.4. The Bertz CT molecular complexity index is 1070. The molecular weight excluding hydrogens is 471 g/mol. The maximum absolute atomic E-state index is 12.9. The molecule has 9 heteroatoms. The van der Waals surface area contributed by atoms with Gasteiger partial charge in [-0.1, -0.05) is 35.3 Å². The van der Waals surface area contributed by atoms with Crippen LogP contribution in [0.4, 0.5) is 0 Å². The third-order valence-electron chi connectivity index (χ3n) is 5.29. The van der Waals surface area contributed by atoms with Gasteiger partial charge < -0.3 is 19.5 Å². The van der Waals surface area contributed by atoms with Crippen molar-refractivity contribution >= 4 is 52.5 Å². The van der Waals surface area contributed by atoms with Gasteiger partial charge in [-0.25, -0.2) is 0 Å². The molecule has 2 fully saturated rings. The predicted molar refractivity (Wildman–Crippen MR) is 128 cm³/mol. The highest BCUT2D eigenvalue weighted by Crippen LogP contribution is 2.33. The molecule has 2 saturated heterocycles. The molecule has 0 radical (unpaired) electrons. The maximum Gasteiger partial charge on any atom is 0.276 e. The number of benzene rings is 2. The molecule has 2 heterocycles. The van der Waals surface area contributed by atoms with Crippen molar-refractivity contribution in [1.82, 2.24) is 10.2 Å². The molecule has 2 aliphatic rings. The van der Waals surface area contributed by atoms with Crippen LogP contribution in [-0.4, -0.2) is 42.3 Å². The van der Waals surface area contributed by atoms with Crippen LogP contribution in [0.2, 0.25) is 10.0 Å². The molecule has 0 aliphatic carbocycles. The van der Waals surface area contributed by atoms with E-state index in [0.29, 0.717) is 38.9 Å². The zero-order valence-corrected chi connectivity index (χ0v) is 19.7. The van der Waals surface area contributed by atoms with Crippen molar-refractivity contribution in [3.05, 3.63) is 63.3 Å². The average molecular weight is 493 g/mol. The fourth-order valence-electron chi connectivity index (χ4n) is 3.65. The van der Waals surface area contributed by atoms with Crippen molar-refractivity contribution in [2.75, 3.05) is 20.3 Å². The van der Waals surface area contributed by atoms with Gasteiger partial charge in [-0.15, -0.1) is 0 Å². The van der Waals surface area contributed by atoms with Crippen LogP contribution in [0, 0.1) is 0 Å². The molecule has 2 aromatic rings. The molecule has 32 heavy (non-hydrogen) atoms. The topological polar surface area (TPSA) is 60.0 Å². The van der Waals surface area contributed by atoms with Gasteiger partial charge in [0.1, 0.15) is 28.8 Å². The van der Waals surface area contributed by atoms with E-state index in [9.17, 15) is 4.79 Å². The van der Waals surface area contributed by atoms with Gasteiger partial charge >= 0.3 is 0 Å². The van der Waals surface area contributed by atoms with Gasteiger partial charge in [0.2, 0.25) is 0 Å². The Hall–Kier alpha value is -2.32. The lowest BCUT2D eigenvalue weighted by atomic mass is 10.1. The molecule has 0 saturated carbocycles. The number of thiocarbonyl (C=S) groups is 1. The van der Waals surface area contributed by atoms with E-state index in [-0.39, 0.29) is 18.6 Å². The van der Waals surface area contributed by atoms with E-state index >= 15 is 0 Å². The number of nitrogens with one attached hydrogen (secondary N) is 1. The Kier molecular flexibility index (Phi) is 7.20. The first-order valence-corrected chi connectivity index (χ1v) is 11.3. The Labute approximate surface area is 202 Å². The highest BCUT2D eigenvalue weighted by molar-refractivity contribution is 7.80. The van der Waals surface area contributed by atoms with Gasteiger partial charge in [-0.2, -0.15) is 0 Å². The molecule has 4 rings (SSSR count). The number of hydrogen-bond acceptors (Lipinski definition) is 5. The van der Waals surface area contributed by atoms with Crippen molar-refractivity contribution in [2.45, 2.75) is 25.6 Å². The molecule has 0 bridgehead atoms. The van der Waals surface area contributed by atoms with Crippen LogP contribution in [0.3, 0.4) is 0 Å². The number of carbonyl (C=O) groups is 1. The molecule has 6 nitrogen and oxygen atoms in total. The van der Waals surface area contributed by atoms with Crippen molar-refractivity contribution in [1.29, 1.82) is 0 Å². The van der Waals surface area contributed by atoms with Gasteiger partial charge in [0.15, 0.2) is 5.11 Å². The lowest BCUT2D eigenvalue weighted by Crippen LogP contribution is -2.37. The highest BCUT2D eigenvalue weighted by atomic mass is 35.5. The van der Waals surface area contributed by atoms with E-state index in [1.807, 2.05) is 18.2 Å². The smallest absolute Gasteiger partial charge is 0.276 e. The summed E-state index contributed by atoms with van der Waals surface area (Å²) in [5.74, 6) is 0.976. The highest BCUT2D eigenvalue weighted by Gasteiger charge is 2.33. The lowest BCUT2D eigenvalue weighted by molar-refractivity contribution is -0.123. The molecular formula is C23H22Cl2N2O4S. The Morgan fingerprint density at radius 2 is 2.12 bits per heavy atom. The maximum atomic E-state index is 12.9. The Balaban J connectivity index is 1.51. The summed E-state index contributed by atoms with van der Waals surface area (Å²) in [6.07, 6.45) is 3.73. The van der Waals surface area contributed by atoms with E-state index < -0.39 is 0 Å². The number of ether oxygens (including phenoxy) is 3. The van der Waals surface area contributed by atoms with E-state index in [4.69, 9.17) is 49.6 Å². The second-order valence-electron chi connectivity index (χ2n) is 7.45. The van der Waals surface area contributed by atoms with Gasteiger partial charge in [0, 0.05) is 12.2 Å². The van der Waals surface area contributed by atoms with Crippen LogP contribution in [0.1, 0.15) is 24.0 Å². The molecule has 1 unspecified atom stereocenters. The fourth-order valence-corrected chi connectivity index (χ4v) is 4.26. The largest absolute Gasteiger partial charge is 0.496 e. The van der Waals surface area contributed by atoms with Crippen molar-refractivity contribution in [2.24, 2.45) is 0 Å². The number of nitrogens with zero attached hydrogens (tertiary/aromatic N) is 1. The third-order valence-corrected chi connectivity index (χ3v) is 6.41.